The van der Waals surface area contributed by atoms with Crippen LogP contribution in [0.15, 0.2) is 12.3 Å². The Hall–Kier alpha value is -1.07. The summed E-state index contributed by atoms with van der Waals surface area (Å²) in [6.07, 6.45) is -1.50. The lowest BCUT2D eigenvalue weighted by Gasteiger charge is -2.06. The molecule has 1 aromatic heterocycles. The Bertz CT molecular complexity index is 291. The van der Waals surface area contributed by atoms with Gasteiger partial charge in [-0.25, -0.2) is 8.78 Å². The van der Waals surface area contributed by atoms with Crippen molar-refractivity contribution in [3.8, 4) is 0 Å². The van der Waals surface area contributed by atoms with E-state index in [-0.39, 0.29) is 18.7 Å². The number of alkyl halides is 2. The molecule has 0 saturated carbocycles. The van der Waals surface area contributed by atoms with Gasteiger partial charge >= 0.3 is 0 Å². The first-order valence-corrected chi connectivity index (χ1v) is 3.75. The molecule has 0 radical (unpaired) electrons. The fourth-order valence-corrected chi connectivity index (χ4v) is 0.996. The second-order valence-corrected chi connectivity index (χ2v) is 2.54. The maximum absolute atomic E-state index is 12.2. The second kappa shape index (κ2) is 4.25. The van der Waals surface area contributed by atoms with Crippen LogP contribution >= 0.6 is 0 Å². The molecule has 0 bridgehead atoms. The molecule has 0 spiro atoms. The summed E-state index contributed by atoms with van der Waals surface area (Å²) in [7, 11) is 0. The van der Waals surface area contributed by atoms with Crippen molar-refractivity contribution in [1.29, 1.82) is 0 Å². The molecule has 0 amide bonds. The Morgan fingerprint density at radius 3 is 2.69 bits per heavy atom. The maximum atomic E-state index is 12.2. The molecule has 0 aliphatic rings. The van der Waals surface area contributed by atoms with Gasteiger partial charge in [0.15, 0.2) is 0 Å². The molecule has 0 aliphatic carbocycles. The van der Waals surface area contributed by atoms with Gasteiger partial charge in [-0.2, -0.15) is 0 Å². The number of aliphatic hydroxyl groups is 1. The Kier molecular flexibility index (Phi) is 3.27. The molecular weight excluding hydrogens is 178 g/mol. The Morgan fingerprint density at radius 1 is 1.54 bits per heavy atom. The lowest BCUT2D eigenvalue weighted by atomic mass is 10.1. The maximum Gasteiger partial charge on any atom is 0.265 e. The van der Waals surface area contributed by atoms with Crippen molar-refractivity contribution in [3.05, 3.63) is 29.1 Å². The fourth-order valence-electron chi connectivity index (χ4n) is 0.996. The molecule has 3 N–H and O–H groups in total. The third-order valence-electron chi connectivity index (χ3n) is 1.70. The van der Waals surface area contributed by atoms with Crippen molar-refractivity contribution in [2.45, 2.75) is 19.6 Å². The summed E-state index contributed by atoms with van der Waals surface area (Å²) < 4.78 is 24.4. The molecule has 0 aliphatic heterocycles. The van der Waals surface area contributed by atoms with Gasteiger partial charge in [0.2, 0.25) is 0 Å². The Morgan fingerprint density at radius 2 is 2.23 bits per heavy atom. The van der Waals surface area contributed by atoms with E-state index in [1.54, 1.807) is 0 Å². The first-order chi connectivity index (χ1) is 6.19. The van der Waals surface area contributed by atoms with Gasteiger partial charge in [0.25, 0.3) is 6.43 Å². The molecule has 1 aromatic rings. The molecule has 0 aromatic carbocycles. The average molecular weight is 188 g/mol. The summed E-state index contributed by atoms with van der Waals surface area (Å²) in [5, 5.41) is 8.77. The topological polar surface area (TPSA) is 59.1 Å². The Labute approximate surface area is 74.2 Å². The summed E-state index contributed by atoms with van der Waals surface area (Å²) in [5.74, 6) is 0. The number of aliphatic hydroxyl groups excluding tert-OH is 1. The van der Waals surface area contributed by atoms with Gasteiger partial charge in [0, 0.05) is 18.3 Å². The van der Waals surface area contributed by atoms with Crippen LogP contribution < -0.4 is 5.73 Å². The van der Waals surface area contributed by atoms with Crippen molar-refractivity contribution in [1.82, 2.24) is 4.98 Å². The zero-order valence-corrected chi connectivity index (χ0v) is 6.87. The highest BCUT2D eigenvalue weighted by Crippen LogP contribution is 2.19. The zero-order valence-electron chi connectivity index (χ0n) is 6.87. The summed E-state index contributed by atoms with van der Waals surface area (Å²) in [6, 6.07) is 1.27. The number of halogens is 2. The van der Waals surface area contributed by atoms with Crippen molar-refractivity contribution in [3.63, 3.8) is 0 Å². The summed E-state index contributed by atoms with van der Waals surface area (Å²) >= 11 is 0. The standard InChI is InChI=1S/C8H10F2N2O/c9-8(10)6-1-5(2-11)7(4-13)12-3-6/h1,3,8,13H,2,4,11H2. The number of hydrogen-bond acceptors (Lipinski definition) is 3. The Balaban J connectivity index is 3.05. The first-order valence-electron chi connectivity index (χ1n) is 3.75. The summed E-state index contributed by atoms with van der Waals surface area (Å²) in [6.45, 7) is -0.181. The van der Waals surface area contributed by atoms with Crippen LogP contribution in [0.4, 0.5) is 8.78 Å². The number of nitrogens with zero attached hydrogens (tertiary/aromatic N) is 1. The number of hydrogen-bond donors (Lipinski definition) is 2. The van der Waals surface area contributed by atoms with Crippen molar-refractivity contribution < 1.29 is 13.9 Å². The third-order valence-corrected chi connectivity index (χ3v) is 1.70. The van der Waals surface area contributed by atoms with Crippen LogP contribution in [-0.4, -0.2) is 10.1 Å². The van der Waals surface area contributed by atoms with Crippen LogP contribution in [-0.2, 0) is 13.2 Å². The van der Waals surface area contributed by atoms with Crippen LogP contribution in [0.1, 0.15) is 23.2 Å². The van der Waals surface area contributed by atoms with Crippen LogP contribution in [0.3, 0.4) is 0 Å². The molecule has 1 heterocycles. The lowest BCUT2D eigenvalue weighted by molar-refractivity contribution is 0.150. The predicted octanol–water partition coefficient (Wildman–Crippen LogP) is 0.970. The van der Waals surface area contributed by atoms with Crippen LogP contribution in [0, 0.1) is 0 Å². The van der Waals surface area contributed by atoms with Gasteiger partial charge in [-0.15, -0.1) is 0 Å². The number of nitrogens with two attached hydrogens (primary N) is 1. The highest BCUT2D eigenvalue weighted by atomic mass is 19.3. The highest BCUT2D eigenvalue weighted by Gasteiger charge is 2.10. The lowest BCUT2D eigenvalue weighted by Crippen LogP contribution is -2.05. The second-order valence-electron chi connectivity index (χ2n) is 2.54. The van der Waals surface area contributed by atoms with E-state index in [1.165, 1.54) is 6.07 Å². The van der Waals surface area contributed by atoms with Gasteiger partial charge in [0.1, 0.15) is 0 Å². The largest absolute Gasteiger partial charge is 0.390 e. The van der Waals surface area contributed by atoms with Crippen LogP contribution in [0.25, 0.3) is 0 Å². The zero-order chi connectivity index (χ0) is 9.84. The summed E-state index contributed by atoms with van der Waals surface area (Å²) in [5.41, 5.74) is 5.94. The van der Waals surface area contributed by atoms with E-state index in [9.17, 15) is 8.78 Å². The normalized spacial score (nSPS) is 10.8. The quantitative estimate of drug-likeness (QED) is 0.743. The smallest absolute Gasteiger partial charge is 0.265 e. The average Bonchev–Trinajstić information content (AvgIpc) is 2.16. The number of rotatable bonds is 3. The minimum Gasteiger partial charge on any atom is -0.390 e. The number of aromatic nitrogens is 1. The molecule has 0 unspecified atom stereocenters. The molecule has 13 heavy (non-hydrogen) atoms. The van der Waals surface area contributed by atoms with Crippen LogP contribution in [0.5, 0.6) is 0 Å². The number of pyridine rings is 1. The van der Waals surface area contributed by atoms with Crippen LogP contribution in [0.2, 0.25) is 0 Å². The molecule has 72 valence electrons. The highest BCUT2D eigenvalue weighted by molar-refractivity contribution is 5.25. The van der Waals surface area contributed by atoms with Gasteiger partial charge in [-0.3, -0.25) is 4.98 Å². The molecule has 3 nitrogen and oxygen atoms in total. The van der Waals surface area contributed by atoms with E-state index in [4.69, 9.17) is 10.8 Å². The van der Waals surface area contributed by atoms with E-state index in [2.05, 4.69) is 4.98 Å². The van der Waals surface area contributed by atoms with E-state index < -0.39 is 6.43 Å². The van der Waals surface area contributed by atoms with E-state index in [1.807, 2.05) is 0 Å². The van der Waals surface area contributed by atoms with E-state index in [0.717, 1.165) is 6.20 Å². The van der Waals surface area contributed by atoms with Gasteiger partial charge < -0.3 is 10.8 Å². The van der Waals surface area contributed by atoms with Crippen molar-refractivity contribution >= 4 is 0 Å². The first kappa shape index (κ1) is 10.0. The molecule has 1 rings (SSSR count). The molecule has 0 saturated heterocycles. The van der Waals surface area contributed by atoms with Gasteiger partial charge in [0.05, 0.1) is 12.3 Å². The van der Waals surface area contributed by atoms with Gasteiger partial charge in [-0.1, -0.05) is 0 Å². The molecule has 0 fully saturated rings. The van der Waals surface area contributed by atoms with E-state index >= 15 is 0 Å². The molecule has 0 atom stereocenters. The monoisotopic (exact) mass is 188 g/mol. The van der Waals surface area contributed by atoms with Crippen molar-refractivity contribution in [2.24, 2.45) is 5.73 Å². The van der Waals surface area contributed by atoms with E-state index in [0.29, 0.717) is 11.3 Å². The van der Waals surface area contributed by atoms with Crippen molar-refractivity contribution in [2.75, 3.05) is 0 Å². The molecule has 5 heteroatoms. The third kappa shape index (κ3) is 2.19. The SMILES string of the molecule is NCc1cc(C(F)F)cnc1CO. The van der Waals surface area contributed by atoms with Gasteiger partial charge in [-0.05, 0) is 11.6 Å². The fraction of sp³-hybridized carbons (Fsp3) is 0.375. The predicted molar refractivity (Wildman–Crippen MR) is 43.0 cm³/mol. The molecular formula is C8H10F2N2O. The minimum atomic E-state index is -2.55. The summed E-state index contributed by atoms with van der Waals surface area (Å²) in [4.78, 5) is 3.68. The minimum absolute atomic E-state index is 0.101.